The molecule has 0 amide bonds. The van der Waals surface area contributed by atoms with Gasteiger partial charge in [-0.25, -0.2) is 0 Å². The number of rotatable bonds is 3. The minimum absolute atomic E-state index is 0.209. The zero-order chi connectivity index (χ0) is 11.5. The fourth-order valence-electron chi connectivity index (χ4n) is 2.02. The van der Waals surface area contributed by atoms with E-state index >= 15 is 0 Å². The van der Waals surface area contributed by atoms with Crippen LogP contribution in [0.25, 0.3) is 5.69 Å². The zero-order valence-electron chi connectivity index (χ0n) is 9.77. The van der Waals surface area contributed by atoms with Gasteiger partial charge < -0.3 is 9.67 Å². The van der Waals surface area contributed by atoms with Gasteiger partial charge in [-0.05, 0) is 50.1 Å². The van der Waals surface area contributed by atoms with Crippen molar-refractivity contribution in [1.82, 2.24) is 4.57 Å². The lowest BCUT2D eigenvalue weighted by Crippen LogP contribution is -1.99. The number of benzene rings is 1. The summed E-state index contributed by atoms with van der Waals surface area (Å²) in [6.07, 6.45) is 0.726. The molecule has 0 radical (unpaired) electrons. The predicted molar refractivity (Wildman–Crippen MR) is 66.0 cm³/mol. The van der Waals surface area contributed by atoms with E-state index in [2.05, 4.69) is 54.8 Å². The summed E-state index contributed by atoms with van der Waals surface area (Å²) in [7, 11) is 0. The van der Waals surface area contributed by atoms with E-state index in [0.29, 0.717) is 0 Å². The monoisotopic (exact) mass is 215 g/mol. The molecule has 1 aromatic carbocycles. The van der Waals surface area contributed by atoms with E-state index in [1.165, 1.54) is 22.6 Å². The third kappa shape index (κ3) is 2.02. The number of hydrogen-bond donors (Lipinski definition) is 1. The minimum Gasteiger partial charge on any atom is -0.396 e. The molecule has 0 unspecified atom stereocenters. The van der Waals surface area contributed by atoms with Crippen LogP contribution in [-0.2, 0) is 6.42 Å². The van der Waals surface area contributed by atoms with Crippen LogP contribution >= 0.6 is 0 Å². The molecule has 0 atom stereocenters. The lowest BCUT2D eigenvalue weighted by Gasteiger charge is -2.10. The van der Waals surface area contributed by atoms with Gasteiger partial charge in [0.25, 0.3) is 0 Å². The molecule has 0 aliphatic heterocycles. The molecular formula is C14H17NO. The van der Waals surface area contributed by atoms with Crippen molar-refractivity contribution >= 4 is 0 Å². The van der Waals surface area contributed by atoms with Gasteiger partial charge in [-0.15, -0.1) is 0 Å². The maximum Gasteiger partial charge on any atom is 0.0471 e. The predicted octanol–water partition coefficient (Wildman–Crippen LogP) is 2.63. The first-order valence-electron chi connectivity index (χ1n) is 5.57. The molecule has 2 nitrogen and oxygen atoms in total. The van der Waals surface area contributed by atoms with Crippen LogP contribution in [0.15, 0.2) is 36.4 Å². The van der Waals surface area contributed by atoms with Crippen LogP contribution in [0.1, 0.15) is 17.0 Å². The molecule has 0 aliphatic carbocycles. The first-order chi connectivity index (χ1) is 7.72. The summed E-state index contributed by atoms with van der Waals surface area (Å²) < 4.78 is 2.22. The highest BCUT2D eigenvalue weighted by atomic mass is 16.2. The van der Waals surface area contributed by atoms with Crippen molar-refractivity contribution in [3.63, 3.8) is 0 Å². The van der Waals surface area contributed by atoms with Crippen molar-refractivity contribution in [2.75, 3.05) is 6.61 Å². The van der Waals surface area contributed by atoms with Crippen LogP contribution in [-0.4, -0.2) is 16.3 Å². The van der Waals surface area contributed by atoms with Crippen LogP contribution in [0.5, 0.6) is 0 Å². The lowest BCUT2D eigenvalue weighted by molar-refractivity contribution is 0.299. The van der Waals surface area contributed by atoms with E-state index in [-0.39, 0.29) is 6.61 Å². The molecule has 1 heterocycles. The Morgan fingerprint density at radius 2 is 1.50 bits per heavy atom. The maximum absolute atomic E-state index is 8.86. The van der Waals surface area contributed by atoms with Gasteiger partial charge in [0.15, 0.2) is 0 Å². The molecular weight excluding hydrogens is 198 g/mol. The summed E-state index contributed by atoms with van der Waals surface area (Å²) in [5.74, 6) is 0. The Morgan fingerprint density at radius 3 is 2.00 bits per heavy atom. The van der Waals surface area contributed by atoms with Gasteiger partial charge in [-0.1, -0.05) is 12.1 Å². The van der Waals surface area contributed by atoms with E-state index in [4.69, 9.17) is 5.11 Å². The number of nitrogens with zero attached hydrogens (tertiary/aromatic N) is 1. The van der Waals surface area contributed by atoms with E-state index in [1.54, 1.807) is 0 Å². The number of aromatic nitrogens is 1. The Labute approximate surface area is 96.2 Å². The van der Waals surface area contributed by atoms with Crippen LogP contribution in [0, 0.1) is 13.8 Å². The third-order valence-electron chi connectivity index (χ3n) is 2.87. The number of aryl methyl sites for hydroxylation is 2. The molecule has 0 fully saturated rings. The first-order valence-corrected chi connectivity index (χ1v) is 5.57. The Kier molecular flexibility index (Phi) is 3.11. The van der Waals surface area contributed by atoms with Gasteiger partial charge in [-0.3, -0.25) is 0 Å². The summed E-state index contributed by atoms with van der Waals surface area (Å²) in [6.45, 7) is 4.42. The van der Waals surface area contributed by atoms with Gasteiger partial charge in [0.05, 0.1) is 0 Å². The molecule has 0 bridgehead atoms. The van der Waals surface area contributed by atoms with Crippen molar-refractivity contribution < 1.29 is 5.11 Å². The maximum atomic E-state index is 8.86. The molecule has 1 N–H and O–H groups in total. The SMILES string of the molecule is Cc1ccc(C)n1-c1ccc(CCO)cc1. The molecule has 0 spiro atoms. The Hall–Kier alpha value is -1.54. The lowest BCUT2D eigenvalue weighted by atomic mass is 10.1. The average Bonchev–Trinajstić information content (AvgIpc) is 2.61. The van der Waals surface area contributed by atoms with Crippen LogP contribution in [0.3, 0.4) is 0 Å². The quantitative estimate of drug-likeness (QED) is 0.836. The van der Waals surface area contributed by atoms with Gasteiger partial charge in [0, 0.05) is 23.7 Å². The Balaban J connectivity index is 2.35. The van der Waals surface area contributed by atoms with Gasteiger partial charge in [-0.2, -0.15) is 0 Å². The van der Waals surface area contributed by atoms with Gasteiger partial charge in [0.1, 0.15) is 0 Å². The van der Waals surface area contributed by atoms with E-state index in [1.807, 2.05) is 0 Å². The average molecular weight is 215 g/mol. The standard InChI is InChI=1S/C14H17NO/c1-11-3-4-12(2)15(11)14-7-5-13(6-8-14)9-10-16/h3-8,16H,9-10H2,1-2H3. The summed E-state index contributed by atoms with van der Waals surface area (Å²) in [4.78, 5) is 0. The van der Waals surface area contributed by atoms with Crippen molar-refractivity contribution in [2.45, 2.75) is 20.3 Å². The molecule has 2 aromatic rings. The van der Waals surface area contributed by atoms with Crippen molar-refractivity contribution in [3.8, 4) is 5.69 Å². The second-order valence-electron chi connectivity index (χ2n) is 4.09. The minimum atomic E-state index is 0.209. The first kappa shape index (κ1) is 11.0. The second kappa shape index (κ2) is 4.54. The molecule has 0 saturated heterocycles. The topological polar surface area (TPSA) is 25.2 Å². The Bertz CT molecular complexity index is 448. The van der Waals surface area contributed by atoms with E-state index < -0.39 is 0 Å². The summed E-state index contributed by atoms with van der Waals surface area (Å²) in [6, 6.07) is 12.6. The molecule has 84 valence electrons. The zero-order valence-corrected chi connectivity index (χ0v) is 9.77. The highest BCUT2D eigenvalue weighted by Gasteiger charge is 2.03. The fraction of sp³-hybridized carbons (Fsp3) is 0.286. The van der Waals surface area contributed by atoms with Crippen molar-refractivity contribution in [1.29, 1.82) is 0 Å². The Morgan fingerprint density at radius 1 is 0.938 bits per heavy atom. The fourth-order valence-corrected chi connectivity index (χ4v) is 2.02. The van der Waals surface area contributed by atoms with Crippen LogP contribution in [0.4, 0.5) is 0 Å². The molecule has 0 saturated carbocycles. The van der Waals surface area contributed by atoms with E-state index in [9.17, 15) is 0 Å². The van der Waals surface area contributed by atoms with Crippen LogP contribution < -0.4 is 0 Å². The molecule has 2 rings (SSSR count). The van der Waals surface area contributed by atoms with Crippen LogP contribution in [0.2, 0.25) is 0 Å². The summed E-state index contributed by atoms with van der Waals surface area (Å²) >= 11 is 0. The highest BCUT2D eigenvalue weighted by molar-refractivity contribution is 5.39. The van der Waals surface area contributed by atoms with E-state index in [0.717, 1.165) is 6.42 Å². The number of aliphatic hydroxyl groups is 1. The number of aliphatic hydroxyl groups excluding tert-OH is 1. The van der Waals surface area contributed by atoms with Gasteiger partial charge >= 0.3 is 0 Å². The second-order valence-corrected chi connectivity index (χ2v) is 4.09. The summed E-state index contributed by atoms with van der Waals surface area (Å²) in [5.41, 5.74) is 4.84. The molecule has 16 heavy (non-hydrogen) atoms. The van der Waals surface area contributed by atoms with Gasteiger partial charge in [0.2, 0.25) is 0 Å². The van der Waals surface area contributed by atoms with Crippen molar-refractivity contribution in [2.24, 2.45) is 0 Å². The smallest absolute Gasteiger partial charge is 0.0471 e. The molecule has 1 aromatic heterocycles. The normalized spacial score (nSPS) is 10.7. The largest absolute Gasteiger partial charge is 0.396 e. The summed E-state index contributed by atoms with van der Waals surface area (Å²) in [5, 5.41) is 8.86. The molecule has 0 aliphatic rings. The molecule has 2 heteroatoms. The highest BCUT2D eigenvalue weighted by Crippen LogP contribution is 2.16. The number of hydrogen-bond acceptors (Lipinski definition) is 1. The van der Waals surface area contributed by atoms with Crippen molar-refractivity contribution in [3.05, 3.63) is 53.3 Å². The third-order valence-corrected chi connectivity index (χ3v) is 2.87.